The molecule has 13 heavy (non-hydrogen) atoms. The molecule has 2 nitrogen and oxygen atoms in total. The molecule has 0 amide bonds. The van der Waals surface area contributed by atoms with E-state index < -0.39 is 0 Å². The number of hydrogen-bond acceptors (Lipinski definition) is 2. The van der Waals surface area contributed by atoms with Gasteiger partial charge in [0, 0.05) is 26.1 Å². The third-order valence-corrected chi connectivity index (χ3v) is 3.55. The number of fused-ring (bicyclic) bond motifs is 1. The molecule has 2 aliphatic rings. The smallest absolute Gasteiger partial charge is 0.136 e. The van der Waals surface area contributed by atoms with Crippen molar-refractivity contribution in [2.24, 2.45) is 17.8 Å². The van der Waals surface area contributed by atoms with Gasteiger partial charge in [-0.25, -0.2) is 0 Å². The fraction of sp³-hybridized carbons (Fsp3) is 0.909. The van der Waals surface area contributed by atoms with Gasteiger partial charge in [-0.15, -0.1) is 0 Å². The molecule has 2 rings (SSSR count). The summed E-state index contributed by atoms with van der Waals surface area (Å²) in [5.74, 6) is 2.54. The largest absolute Gasteiger partial charge is 0.385 e. The molecule has 0 radical (unpaired) electrons. The minimum absolute atomic E-state index is 0.464. The van der Waals surface area contributed by atoms with Gasteiger partial charge in [0.05, 0.1) is 0 Å². The predicted octanol–water partition coefficient (Wildman–Crippen LogP) is 2.03. The number of Topliss-reactive ketones (excluding diaryl/α,β-unsaturated/α-hetero) is 1. The van der Waals surface area contributed by atoms with Crippen molar-refractivity contribution in [1.29, 1.82) is 0 Å². The van der Waals surface area contributed by atoms with E-state index >= 15 is 0 Å². The second kappa shape index (κ2) is 3.79. The maximum absolute atomic E-state index is 11.6. The van der Waals surface area contributed by atoms with E-state index in [1.807, 2.05) is 0 Å². The zero-order valence-electron chi connectivity index (χ0n) is 8.29. The molecule has 2 fully saturated rings. The van der Waals surface area contributed by atoms with Gasteiger partial charge in [0.1, 0.15) is 5.78 Å². The molecule has 2 saturated carbocycles. The minimum atomic E-state index is 0.464. The molecule has 0 aromatic rings. The van der Waals surface area contributed by atoms with Crippen LogP contribution < -0.4 is 0 Å². The van der Waals surface area contributed by atoms with Gasteiger partial charge >= 0.3 is 0 Å². The van der Waals surface area contributed by atoms with E-state index in [1.165, 1.54) is 19.3 Å². The highest BCUT2D eigenvalue weighted by Gasteiger charge is 2.55. The Bertz CT molecular complexity index is 190. The summed E-state index contributed by atoms with van der Waals surface area (Å²) in [7, 11) is 1.69. The van der Waals surface area contributed by atoms with Gasteiger partial charge in [0.2, 0.25) is 0 Å². The van der Waals surface area contributed by atoms with Crippen LogP contribution in [0.2, 0.25) is 0 Å². The molecular formula is C11H18O2. The highest BCUT2D eigenvalue weighted by atomic mass is 16.5. The summed E-state index contributed by atoms with van der Waals surface area (Å²) < 4.78 is 4.93. The first-order valence-electron chi connectivity index (χ1n) is 5.36. The van der Waals surface area contributed by atoms with Crippen LogP contribution in [0, 0.1) is 17.8 Å². The van der Waals surface area contributed by atoms with Crippen molar-refractivity contribution in [3.8, 4) is 0 Å². The van der Waals surface area contributed by atoms with Gasteiger partial charge in [-0.05, 0) is 31.1 Å². The average molecular weight is 182 g/mol. The lowest BCUT2D eigenvalue weighted by Crippen LogP contribution is -2.06. The monoisotopic (exact) mass is 182 g/mol. The van der Waals surface area contributed by atoms with Crippen molar-refractivity contribution in [3.05, 3.63) is 0 Å². The van der Waals surface area contributed by atoms with E-state index in [4.69, 9.17) is 4.74 Å². The van der Waals surface area contributed by atoms with E-state index in [0.29, 0.717) is 11.7 Å². The number of methoxy groups -OCH3 is 1. The summed E-state index contributed by atoms with van der Waals surface area (Å²) >= 11 is 0. The van der Waals surface area contributed by atoms with Crippen molar-refractivity contribution < 1.29 is 9.53 Å². The molecular weight excluding hydrogens is 164 g/mol. The molecule has 2 aliphatic carbocycles. The number of hydrogen-bond donors (Lipinski definition) is 0. The van der Waals surface area contributed by atoms with Crippen LogP contribution >= 0.6 is 0 Å². The maximum atomic E-state index is 11.6. The van der Waals surface area contributed by atoms with Crippen LogP contribution in [0.15, 0.2) is 0 Å². The molecule has 0 aromatic carbocycles. The topological polar surface area (TPSA) is 26.3 Å². The Morgan fingerprint density at radius 2 is 2.08 bits per heavy atom. The summed E-state index contributed by atoms with van der Waals surface area (Å²) in [5, 5.41) is 0. The van der Waals surface area contributed by atoms with Crippen LogP contribution in [0.3, 0.4) is 0 Å². The van der Waals surface area contributed by atoms with Crippen LogP contribution in [0.5, 0.6) is 0 Å². The fourth-order valence-corrected chi connectivity index (χ4v) is 2.86. The Balaban J connectivity index is 1.68. The number of ketones is 1. The lowest BCUT2D eigenvalue weighted by molar-refractivity contribution is -0.121. The molecule has 74 valence electrons. The molecule has 0 spiro atoms. The number of carbonyl (C=O) groups is 1. The minimum Gasteiger partial charge on any atom is -0.385 e. The highest BCUT2D eigenvalue weighted by Crippen LogP contribution is 2.58. The Kier molecular flexibility index (Phi) is 2.68. The summed E-state index contributed by atoms with van der Waals surface area (Å²) in [6, 6.07) is 0. The van der Waals surface area contributed by atoms with Crippen molar-refractivity contribution in [1.82, 2.24) is 0 Å². The molecule has 2 atom stereocenters. The lowest BCUT2D eigenvalue weighted by Gasteiger charge is -2.01. The van der Waals surface area contributed by atoms with Crippen molar-refractivity contribution in [3.63, 3.8) is 0 Å². The van der Waals surface area contributed by atoms with Crippen LogP contribution in [0.1, 0.15) is 32.1 Å². The number of rotatable bonds is 5. The predicted molar refractivity (Wildman–Crippen MR) is 50.4 cm³/mol. The third-order valence-electron chi connectivity index (χ3n) is 3.55. The van der Waals surface area contributed by atoms with Gasteiger partial charge in [0.15, 0.2) is 0 Å². The van der Waals surface area contributed by atoms with Crippen molar-refractivity contribution >= 4 is 5.78 Å². The number of carbonyl (C=O) groups excluding carboxylic acids is 1. The molecule has 0 aromatic heterocycles. The standard InChI is InChI=1S/C11H18O2/c1-13-7-3-6-10(12)11-8-4-2-5-9(8)11/h8-9,11H,2-7H2,1H3. The van der Waals surface area contributed by atoms with E-state index in [9.17, 15) is 4.79 Å². The normalized spacial score (nSPS) is 35.9. The van der Waals surface area contributed by atoms with E-state index in [1.54, 1.807) is 7.11 Å². The van der Waals surface area contributed by atoms with Gasteiger partial charge < -0.3 is 4.74 Å². The molecule has 0 bridgehead atoms. The second-order valence-corrected chi connectivity index (χ2v) is 4.35. The van der Waals surface area contributed by atoms with Crippen molar-refractivity contribution in [2.45, 2.75) is 32.1 Å². The molecule has 0 aliphatic heterocycles. The van der Waals surface area contributed by atoms with Crippen molar-refractivity contribution in [2.75, 3.05) is 13.7 Å². The highest BCUT2D eigenvalue weighted by molar-refractivity contribution is 5.84. The first-order chi connectivity index (χ1) is 6.34. The number of ether oxygens (including phenoxy) is 1. The fourth-order valence-electron chi connectivity index (χ4n) is 2.86. The van der Waals surface area contributed by atoms with Crippen LogP contribution in [-0.4, -0.2) is 19.5 Å². The second-order valence-electron chi connectivity index (χ2n) is 4.35. The van der Waals surface area contributed by atoms with E-state index in [0.717, 1.165) is 31.3 Å². The molecule has 0 heterocycles. The molecule has 0 N–H and O–H groups in total. The van der Waals surface area contributed by atoms with Gasteiger partial charge in [-0.2, -0.15) is 0 Å². The summed E-state index contributed by atoms with van der Waals surface area (Å²) in [6.45, 7) is 0.730. The Labute approximate surface area is 79.7 Å². The zero-order chi connectivity index (χ0) is 9.26. The lowest BCUT2D eigenvalue weighted by atomic mass is 10.0. The first kappa shape index (κ1) is 9.20. The van der Waals surface area contributed by atoms with E-state index in [-0.39, 0.29) is 0 Å². The Morgan fingerprint density at radius 3 is 2.69 bits per heavy atom. The van der Waals surface area contributed by atoms with Crippen LogP contribution in [0.4, 0.5) is 0 Å². The zero-order valence-corrected chi connectivity index (χ0v) is 8.29. The quantitative estimate of drug-likeness (QED) is 0.608. The molecule has 0 saturated heterocycles. The van der Waals surface area contributed by atoms with Gasteiger partial charge in [0.25, 0.3) is 0 Å². The summed E-state index contributed by atoms with van der Waals surface area (Å²) in [5.41, 5.74) is 0. The van der Waals surface area contributed by atoms with E-state index in [2.05, 4.69) is 0 Å². The first-order valence-corrected chi connectivity index (χ1v) is 5.36. The van der Waals surface area contributed by atoms with Gasteiger partial charge in [-0.1, -0.05) is 6.42 Å². The Hall–Kier alpha value is -0.370. The molecule has 2 heteroatoms. The summed E-state index contributed by atoms with van der Waals surface area (Å²) in [4.78, 5) is 11.6. The maximum Gasteiger partial charge on any atom is 0.136 e. The third kappa shape index (κ3) is 1.78. The average Bonchev–Trinajstić information content (AvgIpc) is 2.61. The Morgan fingerprint density at radius 1 is 1.38 bits per heavy atom. The molecule has 2 unspecified atom stereocenters. The van der Waals surface area contributed by atoms with Crippen LogP contribution in [0.25, 0.3) is 0 Å². The SMILES string of the molecule is COCCCC(=O)C1C2CCCC21. The van der Waals surface area contributed by atoms with Crippen LogP contribution in [-0.2, 0) is 9.53 Å². The summed E-state index contributed by atoms with van der Waals surface area (Å²) in [6.07, 6.45) is 5.63. The van der Waals surface area contributed by atoms with Gasteiger partial charge in [-0.3, -0.25) is 4.79 Å².